The molecule has 3 heterocycles. The number of rotatable bonds is 5. The Hall–Kier alpha value is -2.38. The maximum Gasteiger partial charge on any atom is 0.311 e. The lowest BCUT2D eigenvalue weighted by molar-refractivity contribution is -0.147. The van der Waals surface area contributed by atoms with E-state index >= 15 is 0 Å². The summed E-state index contributed by atoms with van der Waals surface area (Å²) in [7, 11) is 0. The first-order valence-electron chi connectivity index (χ1n) is 11.3. The van der Waals surface area contributed by atoms with Crippen LogP contribution in [-0.2, 0) is 9.59 Å². The highest BCUT2D eigenvalue weighted by Gasteiger charge is 2.33. The Morgan fingerprint density at radius 1 is 0.903 bits per heavy atom. The number of likely N-dealkylation sites (tertiary alicyclic amines) is 1. The Morgan fingerprint density at radius 2 is 1.61 bits per heavy atom. The Bertz CT molecular complexity index is 844. The van der Waals surface area contributed by atoms with E-state index in [0.717, 1.165) is 45.4 Å². The Labute approximate surface area is 188 Å². The number of para-hydroxylation sites is 1. The SMILES string of the molecule is C[C@H](NC(=O)C(=O)N1CCCCC1)[C@@H](c1cccs1)N1CCN(c2ccccc2)CC1. The number of nitrogens with zero attached hydrogens (tertiary/aromatic N) is 3. The fourth-order valence-electron chi connectivity index (χ4n) is 4.69. The van der Waals surface area contributed by atoms with Gasteiger partial charge in [-0.2, -0.15) is 0 Å². The number of hydrogen-bond acceptors (Lipinski definition) is 5. The van der Waals surface area contributed by atoms with Gasteiger partial charge in [-0.3, -0.25) is 14.5 Å². The number of amides is 2. The van der Waals surface area contributed by atoms with Gasteiger partial charge in [0.15, 0.2) is 0 Å². The van der Waals surface area contributed by atoms with Gasteiger partial charge in [0.25, 0.3) is 0 Å². The average molecular weight is 441 g/mol. The molecular weight excluding hydrogens is 408 g/mol. The van der Waals surface area contributed by atoms with Crippen LogP contribution in [0.2, 0.25) is 0 Å². The second kappa shape index (κ2) is 10.3. The van der Waals surface area contributed by atoms with Gasteiger partial charge < -0.3 is 15.1 Å². The van der Waals surface area contributed by atoms with Crippen LogP contribution < -0.4 is 10.2 Å². The summed E-state index contributed by atoms with van der Waals surface area (Å²) in [5.41, 5.74) is 1.25. The van der Waals surface area contributed by atoms with Gasteiger partial charge >= 0.3 is 11.8 Å². The molecule has 2 aliphatic rings. The van der Waals surface area contributed by atoms with E-state index in [-0.39, 0.29) is 18.0 Å². The van der Waals surface area contributed by atoms with Gasteiger partial charge in [0.05, 0.1) is 6.04 Å². The van der Waals surface area contributed by atoms with Crippen LogP contribution >= 0.6 is 11.3 Å². The molecule has 0 radical (unpaired) electrons. The van der Waals surface area contributed by atoms with Gasteiger partial charge in [0.1, 0.15) is 0 Å². The van der Waals surface area contributed by atoms with Crippen molar-refractivity contribution >= 4 is 28.8 Å². The molecule has 7 heteroatoms. The topological polar surface area (TPSA) is 55.9 Å². The van der Waals surface area contributed by atoms with Crippen molar-refractivity contribution in [2.75, 3.05) is 44.2 Å². The molecule has 2 amide bonds. The molecule has 2 aromatic rings. The quantitative estimate of drug-likeness (QED) is 0.726. The van der Waals surface area contributed by atoms with Crippen LogP contribution in [0.5, 0.6) is 0 Å². The van der Waals surface area contributed by atoms with E-state index in [1.54, 1.807) is 16.2 Å². The highest BCUT2D eigenvalue weighted by Crippen LogP contribution is 2.30. The van der Waals surface area contributed by atoms with Crippen molar-refractivity contribution in [2.24, 2.45) is 0 Å². The summed E-state index contributed by atoms with van der Waals surface area (Å²) < 4.78 is 0. The van der Waals surface area contributed by atoms with E-state index in [9.17, 15) is 9.59 Å². The standard InChI is InChI=1S/C24H32N4O2S/c1-19(25-23(29)24(30)28-12-6-3-7-13-28)22(21-11-8-18-31-21)27-16-14-26(15-17-27)20-9-4-2-5-10-20/h2,4-5,8-11,18-19,22H,3,6-7,12-17H2,1H3,(H,25,29)/t19-,22-/m0/s1. The molecule has 1 aromatic carbocycles. The number of anilines is 1. The molecule has 4 rings (SSSR count). The zero-order valence-electron chi connectivity index (χ0n) is 18.2. The Kier molecular flexibility index (Phi) is 7.25. The van der Waals surface area contributed by atoms with Crippen LogP contribution in [-0.4, -0.2) is 66.9 Å². The monoisotopic (exact) mass is 440 g/mol. The van der Waals surface area contributed by atoms with Gasteiger partial charge in [-0.15, -0.1) is 11.3 Å². The number of carbonyl (C=O) groups is 2. The molecule has 0 bridgehead atoms. The van der Waals surface area contributed by atoms with Crippen LogP contribution in [0.25, 0.3) is 0 Å². The lowest BCUT2D eigenvalue weighted by Crippen LogP contribution is -2.54. The first kappa shape index (κ1) is 21.8. The number of piperidine rings is 1. The molecule has 6 nitrogen and oxygen atoms in total. The largest absolute Gasteiger partial charge is 0.369 e. The molecule has 31 heavy (non-hydrogen) atoms. The number of thiophene rings is 1. The van der Waals surface area contributed by atoms with Crippen molar-refractivity contribution in [1.82, 2.24) is 15.1 Å². The fourth-order valence-corrected chi connectivity index (χ4v) is 5.65. The second-order valence-corrected chi connectivity index (χ2v) is 9.41. The molecular formula is C24H32N4O2S. The molecule has 2 atom stereocenters. The van der Waals surface area contributed by atoms with Gasteiger partial charge in [-0.25, -0.2) is 0 Å². The van der Waals surface area contributed by atoms with E-state index < -0.39 is 5.91 Å². The summed E-state index contributed by atoms with van der Waals surface area (Å²) in [5.74, 6) is -0.857. The van der Waals surface area contributed by atoms with Crippen molar-refractivity contribution in [3.63, 3.8) is 0 Å². The first-order chi connectivity index (χ1) is 15.1. The summed E-state index contributed by atoms with van der Waals surface area (Å²) in [5, 5.41) is 5.11. The molecule has 0 unspecified atom stereocenters. The maximum absolute atomic E-state index is 12.7. The van der Waals surface area contributed by atoms with Crippen molar-refractivity contribution < 1.29 is 9.59 Å². The van der Waals surface area contributed by atoms with Gasteiger partial charge in [-0.05, 0) is 49.8 Å². The van der Waals surface area contributed by atoms with Crippen LogP contribution in [0.1, 0.15) is 37.1 Å². The second-order valence-electron chi connectivity index (χ2n) is 8.43. The van der Waals surface area contributed by atoms with Crippen molar-refractivity contribution in [3.05, 3.63) is 52.7 Å². The zero-order valence-corrected chi connectivity index (χ0v) is 19.0. The molecule has 0 saturated carbocycles. The number of benzene rings is 1. The smallest absolute Gasteiger partial charge is 0.311 e. The van der Waals surface area contributed by atoms with Crippen molar-refractivity contribution in [3.8, 4) is 0 Å². The third-order valence-corrected chi connectivity index (χ3v) is 7.28. The molecule has 2 saturated heterocycles. The molecule has 0 aliphatic carbocycles. The summed E-state index contributed by atoms with van der Waals surface area (Å²) in [4.78, 5) is 33.1. The third-order valence-electron chi connectivity index (χ3n) is 6.33. The van der Waals surface area contributed by atoms with Crippen LogP contribution in [0.3, 0.4) is 0 Å². The molecule has 166 valence electrons. The zero-order chi connectivity index (χ0) is 21.6. The number of carbonyl (C=O) groups excluding carboxylic acids is 2. The van der Waals surface area contributed by atoms with Gasteiger partial charge in [0.2, 0.25) is 0 Å². The van der Waals surface area contributed by atoms with E-state index in [2.05, 4.69) is 56.9 Å². The minimum atomic E-state index is -0.473. The number of nitrogens with one attached hydrogen (secondary N) is 1. The molecule has 2 fully saturated rings. The molecule has 1 N–H and O–H groups in total. The number of piperazine rings is 1. The lowest BCUT2D eigenvalue weighted by Gasteiger charge is -2.42. The average Bonchev–Trinajstić information content (AvgIpc) is 3.34. The van der Waals surface area contributed by atoms with E-state index in [4.69, 9.17) is 0 Å². The van der Waals surface area contributed by atoms with Crippen LogP contribution in [0.4, 0.5) is 5.69 Å². The summed E-state index contributed by atoms with van der Waals surface area (Å²) in [6, 6.07) is 14.6. The van der Waals surface area contributed by atoms with Crippen LogP contribution in [0.15, 0.2) is 47.8 Å². The van der Waals surface area contributed by atoms with Crippen molar-refractivity contribution in [1.29, 1.82) is 0 Å². The van der Waals surface area contributed by atoms with Crippen LogP contribution in [0, 0.1) is 0 Å². The number of hydrogen-bond donors (Lipinski definition) is 1. The Morgan fingerprint density at radius 3 is 2.26 bits per heavy atom. The predicted octanol–water partition coefficient (Wildman–Crippen LogP) is 3.13. The normalized spacial score (nSPS) is 19.6. The first-order valence-corrected chi connectivity index (χ1v) is 12.2. The fraction of sp³-hybridized carbons (Fsp3) is 0.500. The van der Waals surface area contributed by atoms with E-state index in [1.807, 2.05) is 13.0 Å². The summed E-state index contributed by atoms with van der Waals surface area (Å²) in [6.07, 6.45) is 3.10. The minimum Gasteiger partial charge on any atom is -0.369 e. The van der Waals surface area contributed by atoms with Gasteiger partial charge in [-0.1, -0.05) is 24.3 Å². The predicted molar refractivity (Wildman–Crippen MR) is 125 cm³/mol. The van der Waals surface area contributed by atoms with Gasteiger partial charge in [0, 0.05) is 55.9 Å². The summed E-state index contributed by atoms with van der Waals surface area (Å²) in [6.45, 7) is 7.12. The highest BCUT2D eigenvalue weighted by atomic mass is 32.1. The lowest BCUT2D eigenvalue weighted by atomic mass is 10.0. The summed E-state index contributed by atoms with van der Waals surface area (Å²) >= 11 is 1.71. The van der Waals surface area contributed by atoms with Crippen molar-refractivity contribution in [2.45, 2.75) is 38.3 Å². The Balaban J connectivity index is 1.41. The molecule has 0 spiro atoms. The highest BCUT2D eigenvalue weighted by molar-refractivity contribution is 7.10. The minimum absolute atomic E-state index is 0.0658. The molecule has 2 aliphatic heterocycles. The molecule has 1 aromatic heterocycles. The maximum atomic E-state index is 12.7. The van der Waals surface area contributed by atoms with E-state index in [0.29, 0.717) is 13.1 Å². The van der Waals surface area contributed by atoms with E-state index in [1.165, 1.54) is 10.6 Å². The third kappa shape index (κ3) is 5.28.